The third kappa shape index (κ3) is 4.23. The van der Waals surface area contributed by atoms with Gasteiger partial charge in [-0.15, -0.1) is 0 Å². The molecule has 1 aliphatic rings. The Bertz CT molecular complexity index is 576. The number of nitrogens with zero attached hydrogens (tertiary/aromatic N) is 1. The molecule has 1 unspecified atom stereocenters. The van der Waals surface area contributed by atoms with Gasteiger partial charge < -0.3 is 14.8 Å². The van der Waals surface area contributed by atoms with Crippen LogP contribution in [-0.2, 0) is 9.47 Å². The molecule has 0 aromatic heterocycles. The summed E-state index contributed by atoms with van der Waals surface area (Å²) in [4.78, 5) is 22.3. The first kappa shape index (κ1) is 15.9. The molecule has 1 aliphatic heterocycles. The number of carbonyl (C=O) groups is 1. The second-order valence-corrected chi connectivity index (χ2v) is 6.03. The summed E-state index contributed by atoms with van der Waals surface area (Å²) < 4.78 is 11.4. The number of halogens is 1. The molecule has 1 N–H and O–H groups in total. The second kappa shape index (κ2) is 6.08. The fourth-order valence-corrected chi connectivity index (χ4v) is 2.46. The number of hydrogen-bond donors (Lipinski definition) is 1. The van der Waals surface area contributed by atoms with Gasteiger partial charge in [-0.1, -0.05) is 15.9 Å². The van der Waals surface area contributed by atoms with Crippen molar-refractivity contribution in [1.29, 1.82) is 0 Å². The van der Waals surface area contributed by atoms with Crippen LogP contribution >= 0.6 is 15.9 Å². The summed E-state index contributed by atoms with van der Waals surface area (Å²) in [6.07, 6.45) is -0.230. The highest BCUT2D eigenvalue weighted by molar-refractivity contribution is 9.10. The molecule has 1 heterocycles. The molecule has 0 radical (unpaired) electrons. The Balaban J connectivity index is 1.99. The van der Waals surface area contributed by atoms with Gasteiger partial charge >= 0.3 is 0 Å². The summed E-state index contributed by atoms with van der Waals surface area (Å²) in [5, 5.41) is 13.5. The molecule has 21 heavy (non-hydrogen) atoms. The van der Waals surface area contributed by atoms with Crippen LogP contribution in [0.25, 0.3) is 0 Å². The highest BCUT2D eigenvalue weighted by atomic mass is 79.9. The molecule has 1 saturated heterocycles. The van der Waals surface area contributed by atoms with Gasteiger partial charge in [-0.05, 0) is 19.9 Å². The third-order valence-electron chi connectivity index (χ3n) is 2.91. The monoisotopic (exact) mass is 358 g/mol. The van der Waals surface area contributed by atoms with E-state index >= 15 is 0 Å². The second-order valence-electron chi connectivity index (χ2n) is 5.12. The predicted octanol–water partition coefficient (Wildman–Crippen LogP) is 2.24. The summed E-state index contributed by atoms with van der Waals surface area (Å²) in [5.74, 6) is -1.04. The molecule has 114 valence electrons. The number of benzene rings is 1. The average molecular weight is 359 g/mol. The number of non-ortho nitro benzene ring substituents is 1. The molecular formula is C13H15BrN2O5. The third-order valence-corrected chi connectivity index (χ3v) is 3.37. The van der Waals surface area contributed by atoms with Crippen LogP contribution in [0, 0.1) is 10.1 Å². The minimum absolute atomic E-state index is 0.142. The van der Waals surface area contributed by atoms with Gasteiger partial charge in [0.25, 0.3) is 11.6 Å². The van der Waals surface area contributed by atoms with E-state index in [1.165, 1.54) is 18.2 Å². The molecule has 8 heteroatoms. The van der Waals surface area contributed by atoms with Crippen LogP contribution in [0.15, 0.2) is 22.7 Å². The van der Waals surface area contributed by atoms with Crippen LogP contribution in [0.5, 0.6) is 0 Å². The topological polar surface area (TPSA) is 90.7 Å². The summed E-state index contributed by atoms with van der Waals surface area (Å²) in [6.45, 7) is 4.27. The first-order valence-corrected chi connectivity index (χ1v) is 7.11. The van der Waals surface area contributed by atoms with E-state index in [9.17, 15) is 14.9 Å². The Hall–Kier alpha value is -1.51. The highest BCUT2D eigenvalue weighted by Gasteiger charge is 2.32. The SMILES string of the molecule is CC1(C)OCC(CNC(=O)c2cc(Br)cc([N+](=O)[O-])c2)O1. The van der Waals surface area contributed by atoms with Crippen LogP contribution in [0.4, 0.5) is 5.69 Å². The molecule has 1 atom stereocenters. The van der Waals surface area contributed by atoms with Crippen molar-refractivity contribution in [1.82, 2.24) is 5.32 Å². The fraction of sp³-hybridized carbons (Fsp3) is 0.462. The molecule has 0 spiro atoms. The van der Waals surface area contributed by atoms with Crippen LogP contribution < -0.4 is 5.32 Å². The number of nitro groups is 1. The molecule has 1 aromatic rings. The Morgan fingerprint density at radius 3 is 2.81 bits per heavy atom. The number of nitrogens with one attached hydrogen (secondary N) is 1. The van der Waals surface area contributed by atoms with Gasteiger partial charge in [-0.3, -0.25) is 14.9 Å². The Labute approximate surface area is 129 Å². The maximum Gasteiger partial charge on any atom is 0.271 e. The first-order chi connectivity index (χ1) is 9.77. The Morgan fingerprint density at radius 2 is 2.24 bits per heavy atom. The maximum atomic E-state index is 12.0. The number of nitro benzene ring substituents is 1. The molecule has 0 bridgehead atoms. The lowest BCUT2D eigenvalue weighted by Crippen LogP contribution is -2.34. The van der Waals surface area contributed by atoms with Crippen LogP contribution in [-0.4, -0.2) is 35.9 Å². The standard InChI is InChI=1S/C13H15BrN2O5/c1-13(2)20-7-11(21-13)6-15-12(17)8-3-9(14)5-10(4-8)16(18)19/h3-5,11H,6-7H2,1-2H3,(H,15,17). The van der Waals surface area contributed by atoms with E-state index in [1.54, 1.807) is 13.8 Å². The van der Waals surface area contributed by atoms with E-state index in [0.717, 1.165) is 0 Å². The van der Waals surface area contributed by atoms with Crippen molar-refractivity contribution in [3.05, 3.63) is 38.3 Å². The maximum absolute atomic E-state index is 12.0. The van der Waals surface area contributed by atoms with E-state index in [0.29, 0.717) is 11.1 Å². The van der Waals surface area contributed by atoms with E-state index in [4.69, 9.17) is 9.47 Å². The van der Waals surface area contributed by atoms with Gasteiger partial charge in [0.2, 0.25) is 0 Å². The van der Waals surface area contributed by atoms with Gasteiger partial charge in [0, 0.05) is 28.7 Å². The normalized spacial score (nSPS) is 20.2. The summed E-state index contributed by atoms with van der Waals surface area (Å²) in [5.41, 5.74) is 0.0744. The molecule has 0 aliphatic carbocycles. The first-order valence-electron chi connectivity index (χ1n) is 6.32. The zero-order valence-corrected chi connectivity index (χ0v) is 13.2. The quantitative estimate of drug-likeness (QED) is 0.658. The lowest BCUT2D eigenvalue weighted by Gasteiger charge is -2.17. The number of carbonyl (C=O) groups excluding carboxylic acids is 1. The fourth-order valence-electron chi connectivity index (χ4n) is 1.98. The van der Waals surface area contributed by atoms with Crippen LogP contribution in [0.2, 0.25) is 0 Å². The van der Waals surface area contributed by atoms with Crippen molar-refractivity contribution >= 4 is 27.5 Å². The lowest BCUT2D eigenvalue weighted by molar-refractivity contribution is -0.385. The van der Waals surface area contributed by atoms with Gasteiger partial charge in [-0.2, -0.15) is 0 Å². The largest absolute Gasteiger partial charge is 0.349 e. The molecule has 1 amide bonds. The van der Waals surface area contributed by atoms with Crippen molar-refractivity contribution in [2.75, 3.05) is 13.2 Å². The number of amides is 1. The van der Waals surface area contributed by atoms with E-state index < -0.39 is 16.6 Å². The number of hydrogen-bond acceptors (Lipinski definition) is 5. The predicted molar refractivity (Wildman–Crippen MR) is 78.0 cm³/mol. The van der Waals surface area contributed by atoms with Crippen molar-refractivity contribution in [2.45, 2.75) is 25.7 Å². The van der Waals surface area contributed by atoms with Gasteiger partial charge in [0.1, 0.15) is 6.10 Å². The Kier molecular flexibility index (Phi) is 4.60. The molecule has 2 rings (SSSR count). The molecule has 7 nitrogen and oxygen atoms in total. The smallest absolute Gasteiger partial charge is 0.271 e. The van der Waals surface area contributed by atoms with E-state index in [1.807, 2.05) is 0 Å². The molecule has 0 saturated carbocycles. The van der Waals surface area contributed by atoms with Gasteiger partial charge in [-0.25, -0.2) is 0 Å². The number of rotatable bonds is 4. The Morgan fingerprint density at radius 1 is 1.52 bits per heavy atom. The summed E-state index contributed by atoms with van der Waals surface area (Å²) in [7, 11) is 0. The van der Waals surface area contributed by atoms with Crippen LogP contribution in [0.1, 0.15) is 24.2 Å². The van der Waals surface area contributed by atoms with Crippen molar-refractivity contribution in [2.24, 2.45) is 0 Å². The average Bonchev–Trinajstić information content (AvgIpc) is 2.74. The molecule has 1 aromatic carbocycles. The van der Waals surface area contributed by atoms with Gasteiger partial charge in [0.05, 0.1) is 11.5 Å². The van der Waals surface area contributed by atoms with Crippen molar-refractivity contribution in [3.8, 4) is 0 Å². The number of ether oxygens (including phenoxy) is 2. The molecule has 1 fully saturated rings. The van der Waals surface area contributed by atoms with E-state index in [2.05, 4.69) is 21.2 Å². The van der Waals surface area contributed by atoms with E-state index in [-0.39, 0.29) is 23.9 Å². The minimum atomic E-state index is -0.649. The zero-order chi connectivity index (χ0) is 15.6. The molecular weight excluding hydrogens is 344 g/mol. The lowest BCUT2D eigenvalue weighted by atomic mass is 10.2. The summed E-state index contributed by atoms with van der Waals surface area (Å²) >= 11 is 3.15. The van der Waals surface area contributed by atoms with Crippen LogP contribution in [0.3, 0.4) is 0 Å². The minimum Gasteiger partial charge on any atom is -0.349 e. The highest BCUT2D eigenvalue weighted by Crippen LogP contribution is 2.23. The van der Waals surface area contributed by atoms with Crippen molar-refractivity contribution < 1.29 is 19.2 Å². The zero-order valence-electron chi connectivity index (χ0n) is 11.6. The van der Waals surface area contributed by atoms with Gasteiger partial charge in [0.15, 0.2) is 5.79 Å². The van der Waals surface area contributed by atoms with Crippen molar-refractivity contribution in [3.63, 3.8) is 0 Å². The summed E-state index contributed by atoms with van der Waals surface area (Å²) in [6, 6.07) is 4.10.